The van der Waals surface area contributed by atoms with E-state index in [0.717, 1.165) is 23.2 Å². The van der Waals surface area contributed by atoms with Gasteiger partial charge >= 0.3 is 5.97 Å². The summed E-state index contributed by atoms with van der Waals surface area (Å²) in [6.07, 6.45) is 9.52. The van der Waals surface area contributed by atoms with E-state index in [2.05, 4.69) is 4.98 Å². The summed E-state index contributed by atoms with van der Waals surface area (Å²) in [7, 11) is 0. The summed E-state index contributed by atoms with van der Waals surface area (Å²) in [5, 5.41) is 0. The van der Waals surface area contributed by atoms with Gasteiger partial charge in [-0.1, -0.05) is 12.5 Å². The van der Waals surface area contributed by atoms with Crippen molar-refractivity contribution < 1.29 is 9.53 Å². The maximum absolute atomic E-state index is 12.1. The maximum Gasteiger partial charge on any atom is 0.306 e. The van der Waals surface area contributed by atoms with E-state index in [1.807, 2.05) is 28.8 Å². The highest BCUT2D eigenvalue weighted by Gasteiger charge is 2.40. The molecule has 2 fully saturated rings. The molecule has 2 aromatic rings. The molecule has 3 atom stereocenters. The van der Waals surface area contributed by atoms with E-state index in [4.69, 9.17) is 4.74 Å². The standard InChI is InChI=1S/C17H20N2O2/c20-17(10-14-9-12-4-5-13(14)8-12)21-11-15-2-1-3-16-18-6-7-19(15)16/h1-3,6-7,12-14H,4-5,8-11H2. The van der Waals surface area contributed by atoms with Crippen LogP contribution in [0.15, 0.2) is 30.6 Å². The lowest BCUT2D eigenvalue weighted by Crippen LogP contribution is -2.17. The summed E-state index contributed by atoms with van der Waals surface area (Å²) < 4.78 is 7.45. The van der Waals surface area contributed by atoms with Gasteiger partial charge in [-0.05, 0) is 49.1 Å². The second kappa shape index (κ2) is 5.17. The van der Waals surface area contributed by atoms with Gasteiger partial charge in [-0.3, -0.25) is 4.79 Å². The molecule has 4 heteroatoms. The highest BCUT2D eigenvalue weighted by molar-refractivity contribution is 5.69. The molecular weight excluding hydrogens is 264 g/mol. The second-order valence-electron chi connectivity index (χ2n) is 6.47. The van der Waals surface area contributed by atoms with Crippen molar-refractivity contribution in [1.29, 1.82) is 0 Å². The summed E-state index contributed by atoms with van der Waals surface area (Å²) >= 11 is 0. The van der Waals surface area contributed by atoms with Crippen LogP contribution in [0.25, 0.3) is 5.65 Å². The zero-order chi connectivity index (χ0) is 14.2. The van der Waals surface area contributed by atoms with Crippen LogP contribution >= 0.6 is 0 Å². The van der Waals surface area contributed by atoms with E-state index < -0.39 is 0 Å². The highest BCUT2D eigenvalue weighted by Crippen LogP contribution is 2.49. The van der Waals surface area contributed by atoms with Gasteiger partial charge in [0, 0.05) is 18.8 Å². The topological polar surface area (TPSA) is 43.6 Å². The summed E-state index contributed by atoms with van der Waals surface area (Å²) in [6.45, 7) is 0.327. The van der Waals surface area contributed by atoms with E-state index in [1.165, 1.54) is 25.7 Å². The number of ether oxygens (including phenoxy) is 1. The molecule has 2 aliphatic carbocycles. The Bertz CT molecular complexity index is 664. The van der Waals surface area contributed by atoms with E-state index >= 15 is 0 Å². The number of fused-ring (bicyclic) bond motifs is 3. The molecule has 0 spiro atoms. The monoisotopic (exact) mass is 284 g/mol. The van der Waals surface area contributed by atoms with Crippen LogP contribution in [-0.4, -0.2) is 15.4 Å². The fourth-order valence-electron chi connectivity index (χ4n) is 4.18. The first kappa shape index (κ1) is 12.9. The Morgan fingerprint density at radius 3 is 3.10 bits per heavy atom. The van der Waals surface area contributed by atoms with Crippen LogP contribution < -0.4 is 0 Å². The molecule has 0 N–H and O–H groups in total. The molecule has 21 heavy (non-hydrogen) atoms. The summed E-state index contributed by atoms with van der Waals surface area (Å²) in [4.78, 5) is 16.3. The molecule has 110 valence electrons. The van der Waals surface area contributed by atoms with Crippen molar-refractivity contribution in [3.05, 3.63) is 36.3 Å². The predicted octanol–water partition coefficient (Wildman–Crippen LogP) is 3.20. The number of rotatable bonds is 4. The van der Waals surface area contributed by atoms with Crippen molar-refractivity contribution in [3.8, 4) is 0 Å². The van der Waals surface area contributed by atoms with Gasteiger partial charge < -0.3 is 9.14 Å². The third-order valence-electron chi connectivity index (χ3n) is 5.21. The number of carbonyl (C=O) groups excluding carboxylic acids is 1. The Kier molecular flexibility index (Phi) is 3.17. The average molecular weight is 284 g/mol. The predicted molar refractivity (Wildman–Crippen MR) is 78.5 cm³/mol. The normalized spacial score (nSPS) is 27.3. The van der Waals surface area contributed by atoms with Crippen molar-refractivity contribution in [2.75, 3.05) is 0 Å². The number of nitrogens with zero attached hydrogens (tertiary/aromatic N) is 2. The lowest BCUT2D eigenvalue weighted by molar-refractivity contribution is -0.146. The molecule has 2 saturated carbocycles. The number of pyridine rings is 1. The van der Waals surface area contributed by atoms with Crippen molar-refractivity contribution in [2.45, 2.75) is 38.7 Å². The molecule has 3 unspecified atom stereocenters. The Balaban J connectivity index is 1.36. The Labute approximate surface area is 124 Å². The molecule has 0 aromatic carbocycles. The lowest BCUT2D eigenvalue weighted by Gasteiger charge is -2.20. The van der Waals surface area contributed by atoms with Crippen LogP contribution in [0.1, 0.15) is 37.8 Å². The molecule has 2 bridgehead atoms. The van der Waals surface area contributed by atoms with Gasteiger partial charge in [0.1, 0.15) is 12.3 Å². The van der Waals surface area contributed by atoms with Crippen LogP contribution in [0.2, 0.25) is 0 Å². The van der Waals surface area contributed by atoms with Gasteiger partial charge in [0.2, 0.25) is 0 Å². The van der Waals surface area contributed by atoms with Gasteiger partial charge in [-0.2, -0.15) is 0 Å². The highest BCUT2D eigenvalue weighted by atomic mass is 16.5. The fourth-order valence-corrected chi connectivity index (χ4v) is 4.18. The van der Waals surface area contributed by atoms with E-state index in [1.54, 1.807) is 6.20 Å². The minimum absolute atomic E-state index is 0.0512. The van der Waals surface area contributed by atoms with Gasteiger partial charge in [0.15, 0.2) is 0 Å². The van der Waals surface area contributed by atoms with Gasteiger partial charge in [0.25, 0.3) is 0 Å². The number of aromatic nitrogens is 2. The number of carbonyl (C=O) groups is 1. The molecule has 2 heterocycles. The average Bonchev–Trinajstić information content (AvgIpc) is 3.20. The van der Waals surface area contributed by atoms with E-state index in [-0.39, 0.29) is 5.97 Å². The van der Waals surface area contributed by atoms with Crippen LogP contribution in [0.3, 0.4) is 0 Å². The zero-order valence-corrected chi connectivity index (χ0v) is 12.1. The summed E-state index contributed by atoms with van der Waals surface area (Å²) in [6, 6.07) is 5.86. The smallest absolute Gasteiger partial charge is 0.306 e. The van der Waals surface area contributed by atoms with Crippen LogP contribution in [0, 0.1) is 17.8 Å². The molecule has 0 aliphatic heterocycles. The SMILES string of the molecule is O=C(CC1CC2CCC1C2)OCc1cccc2nccn12. The van der Waals surface area contributed by atoms with Crippen LogP contribution in [0.5, 0.6) is 0 Å². The Morgan fingerprint density at radius 2 is 2.29 bits per heavy atom. The molecule has 2 aliphatic rings. The molecule has 2 aromatic heterocycles. The van der Waals surface area contributed by atoms with Crippen molar-refractivity contribution in [1.82, 2.24) is 9.38 Å². The third-order valence-corrected chi connectivity index (χ3v) is 5.21. The molecule has 0 saturated heterocycles. The summed E-state index contributed by atoms with van der Waals surface area (Å²) in [5.41, 5.74) is 1.85. The first-order valence-electron chi connectivity index (χ1n) is 7.86. The Hall–Kier alpha value is -1.84. The summed E-state index contributed by atoms with van der Waals surface area (Å²) in [5.74, 6) is 2.18. The van der Waals surface area contributed by atoms with Gasteiger partial charge in [0.05, 0.1) is 5.69 Å². The molecule has 4 rings (SSSR count). The quantitative estimate of drug-likeness (QED) is 0.810. The van der Waals surface area contributed by atoms with Crippen molar-refractivity contribution in [3.63, 3.8) is 0 Å². The minimum atomic E-state index is -0.0512. The number of hydrogen-bond donors (Lipinski definition) is 0. The minimum Gasteiger partial charge on any atom is -0.459 e. The third kappa shape index (κ3) is 2.43. The maximum atomic E-state index is 12.1. The van der Waals surface area contributed by atoms with Gasteiger partial charge in [-0.25, -0.2) is 4.98 Å². The van der Waals surface area contributed by atoms with Crippen LogP contribution in [-0.2, 0) is 16.1 Å². The zero-order valence-electron chi connectivity index (χ0n) is 12.1. The fraction of sp³-hybridized carbons (Fsp3) is 0.529. The second-order valence-corrected chi connectivity index (χ2v) is 6.47. The first-order valence-corrected chi connectivity index (χ1v) is 7.86. The Morgan fingerprint density at radius 1 is 1.33 bits per heavy atom. The largest absolute Gasteiger partial charge is 0.459 e. The number of imidazole rings is 1. The van der Waals surface area contributed by atoms with Crippen molar-refractivity contribution >= 4 is 11.6 Å². The first-order chi connectivity index (χ1) is 10.3. The molecule has 0 radical (unpaired) electrons. The molecular formula is C17H20N2O2. The molecule has 4 nitrogen and oxygen atoms in total. The van der Waals surface area contributed by atoms with Crippen LogP contribution in [0.4, 0.5) is 0 Å². The van der Waals surface area contributed by atoms with Crippen molar-refractivity contribution in [2.24, 2.45) is 17.8 Å². The van der Waals surface area contributed by atoms with E-state index in [0.29, 0.717) is 18.9 Å². The molecule has 0 amide bonds. The number of esters is 1. The van der Waals surface area contributed by atoms with E-state index in [9.17, 15) is 4.79 Å². The lowest BCUT2D eigenvalue weighted by atomic mass is 9.86. The number of hydrogen-bond acceptors (Lipinski definition) is 3. The van der Waals surface area contributed by atoms with Gasteiger partial charge in [-0.15, -0.1) is 0 Å².